The van der Waals surface area contributed by atoms with Crippen LogP contribution in [0.2, 0.25) is 0 Å². The van der Waals surface area contributed by atoms with Crippen LogP contribution in [0.4, 0.5) is 0 Å². The van der Waals surface area contributed by atoms with Crippen molar-refractivity contribution in [2.24, 2.45) is 0 Å². The van der Waals surface area contributed by atoms with E-state index in [0.717, 1.165) is 5.39 Å². The normalized spacial score (nSPS) is 11.5. The fourth-order valence-corrected chi connectivity index (χ4v) is 3.93. The largest absolute Gasteiger partial charge is 0.506 e. The van der Waals surface area contributed by atoms with Gasteiger partial charge in [-0.15, -0.1) is 0 Å². The second-order valence-corrected chi connectivity index (χ2v) is 6.68. The molecule has 22 heavy (non-hydrogen) atoms. The highest BCUT2D eigenvalue weighted by Crippen LogP contribution is 2.35. The molecular formula is C17H12O4S. The van der Waals surface area contributed by atoms with Crippen molar-refractivity contribution in [2.75, 3.05) is 0 Å². The minimum Gasteiger partial charge on any atom is -0.506 e. The van der Waals surface area contributed by atoms with Crippen molar-refractivity contribution in [1.29, 1.82) is 0 Å². The van der Waals surface area contributed by atoms with Gasteiger partial charge in [0.25, 0.3) is 0 Å². The summed E-state index contributed by atoms with van der Waals surface area (Å²) in [6.45, 7) is 0. The smallest absolute Gasteiger partial charge is 0.210 e. The Balaban J connectivity index is 2.30. The number of benzene rings is 3. The first-order chi connectivity index (χ1) is 10.6. The van der Waals surface area contributed by atoms with Gasteiger partial charge in [-0.3, -0.25) is 4.79 Å². The molecule has 110 valence electrons. The molecule has 0 aliphatic carbocycles. The van der Waals surface area contributed by atoms with Gasteiger partial charge in [0, 0.05) is 10.9 Å². The van der Waals surface area contributed by atoms with Gasteiger partial charge < -0.3 is 5.11 Å². The third-order valence-corrected chi connectivity index (χ3v) is 5.35. The average Bonchev–Trinajstić information content (AvgIpc) is 2.55. The number of hydrogen-bond acceptors (Lipinski definition) is 4. The van der Waals surface area contributed by atoms with Crippen LogP contribution in [0.3, 0.4) is 0 Å². The van der Waals surface area contributed by atoms with E-state index >= 15 is 0 Å². The topological polar surface area (TPSA) is 71.4 Å². The number of aromatic hydroxyl groups is 1. The monoisotopic (exact) mass is 312 g/mol. The van der Waals surface area contributed by atoms with Gasteiger partial charge in [-0.25, -0.2) is 8.42 Å². The van der Waals surface area contributed by atoms with Gasteiger partial charge in [0.05, 0.1) is 4.90 Å². The maximum atomic E-state index is 12.8. The van der Waals surface area contributed by atoms with Crippen LogP contribution in [0.1, 0.15) is 10.4 Å². The molecule has 0 heterocycles. The number of fused-ring (bicyclic) bond motifs is 1. The van der Waals surface area contributed by atoms with Crippen LogP contribution in [0.15, 0.2) is 70.5 Å². The molecule has 0 unspecified atom stereocenters. The first-order valence-electron chi connectivity index (χ1n) is 6.55. The summed E-state index contributed by atoms with van der Waals surface area (Å²) in [7, 11) is -3.99. The maximum absolute atomic E-state index is 12.8. The van der Waals surface area contributed by atoms with E-state index in [0.29, 0.717) is 11.7 Å². The maximum Gasteiger partial charge on any atom is 0.210 e. The summed E-state index contributed by atoms with van der Waals surface area (Å²) < 4.78 is 25.5. The second kappa shape index (κ2) is 5.27. The number of phenols is 1. The van der Waals surface area contributed by atoms with Crippen LogP contribution >= 0.6 is 0 Å². The summed E-state index contributed by atoms with van der Waals surface area (Å²) >= 11 is 0. The van der Waals surface area contributed by atoms with E-state index in [9.17, 15) is 18.3 Å². The SMILES string of the molecule is O=Cc1ccccc1S(=O)(=O)c1ccc2ccccc2c1O. The van der Waals surface area contributed by atoms with E-state index in [2.05, 4.69) is 0 Å². The molecule has 0 aliphatic heterocycles. The molecule has 0 saturated carbocycles. The van der Waals surface area contributed by atoms with Gasteiger partial charge in [-0.1, -0.05) is 48.5 Å². The van der Waals surface area contributed by atoms with E-state index in [-0.39, 0.29) is 21.1 Å². The highest BCUT2D eigenvalue weighted by molar-refractivity contribution is 7.91. The number of carbonyl (C=O) groups excluding carboxylic acids is 1. The Morgan fingerprint density at radius 2 is 1.50 bits per heavy atom. The number of sulfone groups is 1. The fourth-order valence-electron chi connectivity index (χ4n) is 2.39. The van der Waals surface area contributed by atoms with Crippen LogP contribution in [0.25, 0.3) is 10.8 Å². The molecule has 0 aromatic heterocycles. The van der Waals surface area contributed by atoms with Crippen LogP contribution < -0.4 is 0 Å². The fraction of sp³-hybridized carbons (Fsp3) is 0. The molecule has 0 fully saturated rings. The zero-order chi connectivity index (χ0) is 15.7. The molecule has 4 nitrogen and oxygen atoms in total. The van der Waals surface area contributed by atoms with Gasteiger partial charge in [0.2, 0.25) is 9.84 Å². The van der Waals surface area contributed by atoms with Crippen molar-refractivity contribution in [3.63, 3.8) is 0 Å². The first kappa shape index (κ1) is 14.3. The molecule has 3 aromatic carbocycles. The Labute approximate surface area is 127 Å². The predicted molar refractivity (Wildman–Crippen MR) is 82.9 cm³/mol. The van der Waals surface area contributed by atoms with E-state index in [1.807, 2.05) is 0 Å². The van der Waals surface area contributed by atoms with Crippen molar-refractivity contribution in [3.8, 4) is 5.75 Å². The molecule has 3 rings (SSSR count). The molecule has 0 bridgehead atoms. The van der Waals surface area contributed by atoms with Gasteiger partial charge in [0.15, 0.2) is 6.29 Å². The third-order valence-electron chi connectivity index (χ3n) is 3.49. The molecule has 0 saturated heterocycles. The van der Waals surface area contributed by atoms with Crippen molar-refractivity contribution in [2.45, 2.75) is 9.79 Å². The van der Waals surface area contributed by atoms with Gasteiger partial charge in [0.1, 0.15) is 10.6 Å². The van der Waals surface area contributed by atoms with Gasteiger partial charge >= 0.3 is 0 Å². The van der Waals surface area contributed by atoms with Crippen molar-refractivity contribution < 1.29 is 18.3 Å². The number of rotatable bonds is 3. The minimum atomic E-state index is -3.99. The lowest BCUT2D eigenvalue weighted by Crippen LogP contribution is -2.05. The van der Waals surface area contributed by atoms with Crippen LogP contribution in [-0.2, 0) is 9.84 Å². The van der Waals surface area contributed by atoms with Crippen molar-refractivity contribution >= 4 is 26.9 Å². The zero-order valence-electron chi connectivity index (χ0n) is 11.4. The summed E-state index contributed by atoms with van der Waals surface area (Å²) in [4.78, 5) is 10.8. The molecule has 0 amide bonds. The molecule has 0 spiro atoms. The van der Waals surface area contributed by atoms with Crippen molar-refractivity contribution in [1.82, 2.24) is 0 Å². The molecule has 0 atom stereocenters. The minimum absolute atomic E-state index is 0.0649. The Morgan fingerprint density at radius 1 is 0.818 bits per heavy atom. The van der Waals surface area contributed by atoms with Gasteiger partial charge in [-0.05, 0) is 17.5 Å². The highest BCUT2D eigenvalue weighted by Gasteiger charge is 2.25. The summed E-state index contributed by atoms with van der Waals surface area (Å²) in [6, 6.07) is 15.8. The first-order valence-corrected chi connectivity index (χ1v) is 8.04. The van der Waals surface area contributed by atoms with Crippen LogP contribution in [0.5, 0.6) is 5.75 Å². The number of phenolic OH excluding ortho intramolecular Hbond substituents is 1. The molecule has 1 N–H and O–H groups in total. The Hall–Kier alpha value is -2.66. The quantitative estimate of drug-likeness (QED) is 0.754. The molecule has 3 aromatic rings. The zero-order valence-corrected chi connectivity index (χ0v) is 12.2. The number of hydrogen-bond donors (Lipinski definition) is 1. The number of aldehydes is 1. The Bertz CT molecular complexity index is 975. The molecule has 0 aliphatic rings. The lowest BCUT2D eigenvalue weighted by Gasteiger charge is -2.10. The molecule has 5 heteroatoms. The summed E-state index contributed by atoms with van der Waals surface area (Å²) in [6.07, 6.45) is 0.491. The Kier molecular flexibility index (Phi) is 3.42. The summed E-state index contributed by atoms with van der Waals surface area (Å²) in [5.41, 5.74) is 0.0649. The van der Waals surface area contributed by atoms with E-state index in [1.165, 1.54) is 24.3 Å². The van der Waals surface area contributed by atoms with Gasteiger partial charge in [-0.2, -0.15) is 0 Å². The van der Waals surface area contributed by atoms with E-state index in [1.54, 1.807) is 36.4 Å². The highest BCUT2D eigenvalue weighted by atomic mass is 32.2. The van der Waals surface area contributed by atoms with Crippen molar-refractivity contribution in [3.05, 3.63) is 66.2 Å². The average molecular weight is 312 g/mol. The van der Waals surface area contributed by atoms with E-state index in [4.69, 9.17) is 0 Å². The molecule has 0 radical (unpaired) electrons. The van der Waals surface area contributed by atoms with E-state index < -0.39 is 9.84 Å². The lowest BCUT2D eigenvalue weighted by molar-refractivity contribution is 0.112. The second-order valence-electron chi connectivity index (χ2n) is 4.79. The lowest BCUT2D eigenvalue weighted by atomic mass is 10.1. The standard InChI is InChI=1S/C17H12O4S/c18-11-13-6-2-4-8-15(13)22(20,21)16-10-9-12-5-1-3-7-14(12)17(16)19/h1-11,19H. The Morgan fingerprint density at radius 3 is 2.27 bits per heavy atom. The van der Waals surface area contributed by atoms with Crippen LogP contribution in [-0.4, -0.2) is 19.8 Å². The summed E-state index contributed by atoms with van der Waals surface area (Å²) in [5.74, 6) is -0.307. The molecular weight excluding hydrogens is 300 g/mol. The van der Waals surface area contributed by atoms with Crippen LogP contribution in [0, 0.1) is 0 Å². The number of carbonyl (C=O) groups is 1. The summed E-state index contributed by atoms with van der Waals surface area (Å²) in [5, 5.41) is 11.5. The predicted octanol–water partition coefficient (Wildman–Crippen LogP) is 3.19. The third kappa shape index (κ3) is 2.16.